The zero-order valence-electron chi connectivity index (χ0n) is 12.4. The first-order valence-electron chi connectivity index (χ1n) is 6.53. The number of benzene rings is 1. The lowest BCUT2D eigenvalue weighted by Gasteiger charge is -2.08. The van der Waals surface area contributed by atoms with Gasteiger partial charge in [0.1, 0.15) is 5.82 Å². The van der Waals surface area contributed by atoms with E-state index >= 15 is 0 Å². The van der Waals surface area contributed by atoms with Crippen molar-refractivity contribution in [1.82, 2.24) is 9.97 Å². The normalized spacial score (nSPS) is 10.7. The number of ether oxygens (including phenoxy) is 2. The number of hydrogen-bond acceptors (Lipinski definition) is 4. The molecule has 2 rings (SSSR count). The Morgan fingerprint density at radius 2 is 1.90 bits per heavy atom. The Morgan fingerprint density at radius 3 is 2.38 bits per heavy atom. The average molecular weight is 290 g/mol. The van der Waals surface area contributed by atoms with Crippen LogP contribution in [0.15, 0.2) is 18.2 Å². The number of aromatic amines is 1. The van der Waals surface area contributed by atoms with Crippen LogP contribution < -0.4 is 9.47 Å². The molecule has 2 aromatic rings. The standard InChI is InChI=1S/C15H18N2O4/c1-8(2)12-13(15(18)19)17-14(16-12)9-5-6-10(20-3)11(7-9)21-4/h5-8H,1-4H3,(H,16,17)(H,18,19). The van der Waals surface area contributed by atoms with E-state index < -0.39 is 5.97 Å². The van der Waals surface area contributed by atoms with Crippen LogP contribution in [-0.4, -0.2) is 35.3 Å². The minimum atomic E-state index is -1.04. The van der Waals surface area contributed by atoms with Crippen LogP contribution in [0.5, 0.6) is 11.5 Å². The molecular formula is C15H18N2O4. The van der Waals surface area contributed by atoms with Gasteiger partial charge in [0.2, 0.25) is 0 Å². The Kier molecular flexibility index (Phi) is 4.16. The number of carbonyl (C=O) groups is 1. The van der Waals surface area contributed by atoms with Gasteiger partial charge < -0.3 is 19.6 Å². The molecule has 112 valence electrons. The van der Waals surface area contributed by atoms with E-state index in [9.17, 15) is 9.90 Å². The second-order valence-electron chi connectivity index (χ2n) is 4.88. The SMILES string of the molecule is COc1ccc(-c2nc(C(=O)O)c(C(C)C)[nH]2)cc1OC. The lowest BCUT2D eigenvalue weighted by atomic mass is 10.1. The summed E-state index contributed by atoms with van der Waals surface area (Å²) in [6.07, 6.45) is 0. The molecule has 0 spiro atoms. The van der Waals surface area contributed by atoms with Crippen LogP contribution in [-0.2, 0) is 0 Å². The molecule has 6 nitrogen and oxygen atoms in total. The number of nitrogens with one attached hydrogen (secondary N) is 1. The summed E-state index contributed by atoms with van der Waals surface area (Å²) < 4.78 is 10.4. The molecule has 0 saturated carbocycles. The van der Waals surface area contributed by atoms with Crippen molar-refractivity contribution in [3.05, 3.63) is 29.6 Å². The number of methoxy groups -OCH3 is 2. The fourth-order valence-electron chi connectivity index (χ4n) is 2.09. The van der Waals surface area contributed by atoms with Crippen molar-refractivity contribution < 1.29 is 19.4 Å². The highest BCUT2D eigenvalue weighted by molar-refractivity contribution is 5.88. The number of carboxylic acids is 1. The minimum absolute atomic E-state index is 0.0393. The molecule has 0 fully saturated rings. The van der Waals surface area contributed by atoms with E-state index in [0.717, 1.165) is 5.56 Å². The van der Waals surface area contributed by atoms with Gasteiger partial charge in [-0.1, -0.05) is 13.8 Å². The second kappa shape index (κ2) is 5.87. The molecule has 0 radical (unpaired) electrons. The average Bonchev–Trinajstić information content (AvgIpc) is 2.92. The van der Waals surface area contributed by atoms with Gasteiger partial charge in [0, 0.05) is 5.56 Å². The van der Waals surface area contributed by atoms with Gasteiger partial charge in [-0.2, -0.15) is 0 Å². The smallest absolute Gasteiger partial charge is 0.356 e. The van der Waals surface area contributed by atoms with Crippen molar-refractivity contribution >= 4 is 5.97 Å². The largest absolute Gasteiger partial charge is 0.493 e. The van der Waals surface area contributed by atoms with Crippen LogP contribution in [0.25, 0.3) is 11.4 Å². The molecule has 6 heteroatoms. The maximum Gasteiger partial charge on any atom is 0.356 e. The van der Waals surface area contributed by atoms with Gasteiger partial charge in [0.05, 0.1) is 19.9 Å². The highest BCUT2D eigenvalue weighted by atomic mass is 16.5. The van der Waals surface area contributed by atoms with Gasteiger partial charge in [0.15, 0.2) is 17.2 Å². The van der Waals surface area contributed by atoms with E-state index in [1.54, 1.807) is 32.4 Å². The number of nitrogens with zero attached hydrogens (tertiary/aromatic N) is 1. The summed E-state index contributed by atoms with van der Waals surface area (Å²) in [5.74, 6) is 0.668. The van der Waals surface area contributed by atoms with Crippen LogP contribution in [0.3, 0.4) is 0 Å². The highest BCUT2D eigenvalue weighted by Crippen LogP contribution is 2.32. The lowest BCUT2D eigenvalue weighted by Crippen LogP contribution is -2.02. The molecule has 0 aliphatic carbocycles. The summed E-state index contributed by atoms with van der Waals surface area (Å²) in [5.41, 5.74) is 1.39. The van der Waals surface area contributed by atoms with Crippen molar-refractivity contribution in [2.75, 3.05) is 14.2 Å². The second-order valence-corrected chi connectivity index (χ2v) is 4.88. The van der Waals surface area contributed by atoms with Crippen LogP contribution in [0.1, 0.15) is 35.9 Å². The number of carboxylic acid groups (broad SMARTS) is 1. The van der Waals surface area contributed by atoms with Crippen molar-refractivity contribution in [2.24, 2.45) is 0 Å². The number of hydrogen-bond donors (Lipinski definition) is 2. The van der Waals surface area contributed by atoms with Crippen molar-refractivity contribution in [2.45, 2.75) is 19.8 Å². The van der Waals surface area contributed by atoms with Gasteiger partial charge in [-0.15, -0.1) is 0 Å². The maximum absolute atomic E-state index is 11.3. The molecule has 0 aliphatic heterocycles. The van der Waals surface area contributed by atoms with Crippen molar-refractivity contribution in [1.29, 1.82) is 0 Å². The highest BCUT2D eigenvalue weighted by Gasteiger charge is 2.20. The molecule has 1 aromatic carbocycles. The van der Waals surface area contributed by atoms with E-state index in [4.69, 9.17) is 9.47 Å². The zero-order chi connectivity index (χ0) is 15.6. The number of aromatic nitrogens is 2. The summed E-state index contributed by atoms with van der Waals surface area (Å²) in [5, 5.41) is 9.23. The number of imidazole rings is 1. The topological polar surface area (TPSA) is 84.4 Å². The minimum Gasteiger partial charge on any atom is -0.493 e. The molecule has 0 aliphatic rings. The summed E-state index contributed by atoms with van der Waals surface area (Å²) in [4.78, 5) is 18.5. The van der Waals surface area contributed by atoms with Gasteiger partial charge in [-0.25, -0.2) is 9.78 Å². The molecule has 21 heavy (non-hydrogen) atoms. The number of H-pyrrole nitrogens is 1. The van der Waals surface area contributed by atoms with E-state index in [0.29, 0.717) is 23.0 Å². The monoisotopic (exact) mass is 290 g/mol. The van der Waals surface area contributed by atoms with Crippen LogP contribution in [0.2, 0.25) is 0 Å². The summed E-state index contributed by atoms with van der Waals surface area (Å²) >= 11 is 0. The Morgan fingerprint density at radius 1 is 1.24 bits per heavy atom. The van der Waals surface area contributed by atoms with Crippen molar-refractivity contribution in [3.63, 3.8) is 0 Å². The van der Waals surface area contributed by atoms with Gasteiger partial charge in [-0.05, 0) is 24.1 Å². The molecule has 1 heterocycles. The van der Waals surface area contributed by atoms with Gasteiger partial charge in [-0.3, -0.25) is 0 Å². The molecule has 2 N–H and O–H groups in total. The first kappa shape index (κ1) is 14.9. The first-order chi connectivity index (χ1) is 9.97. The van der Waals surface area contributed by atoms with Gasteiger partial charge in [0.25, 0.3) is 0 Å². The number of rotatable bonds is 5. The van der Waals surface area contributed by atoms with Crippen LogP contribution in [0.4, 0.5) is 0 Å². The van der Waals surface area contributed by atoms with E-state index in [-0.39, 0.29) is 11.6 Å². The third-order valence-corrected chi connectivity index (χ3v) is 3.17. The molecular weight excluding hydrogens is 272 g/mol. The summed E-state index contributed by atoms with van der Waals surface area (Å²) in [6.45, 7) is 3.83. The number of aromatic carboxylic acids is 1. The Hall–Kier alpha value is -2.50. The molecule has 0 amide bonds. The quantitative estimate of drug-likeness (QED) is 0.884. The van der Waals surface area contributed by atoms with E-state index in [1.807, 2.05) is 13.8 Å². The molecule has 0 unspecified atom stereocenters. The zero-order valence-corrected chi connectivity index (χ0v) is 12.4. The molecule has 1 aromatic heterocycles. The fourth-order valence-corrected chi connectivity index (χ4v) is 2.09. The Labute approximate surface area is 122 Å². The Balaban J connectivity index is 2.52. The fraction of sp³-hybridized carbons (Fsp3) is 0.333. The summed E-state index contributed by atoms with van der Waals surface area (Å²) in [7, 11) is 3.11. The Bertz CT molecular complexity index is 662. The van der Waals surface area contributed by atoms with Gasteiger partial charge >= 0.3 is 5.97 Å². The third-order valence-electron chi connectivity index (χ3n) is 3.17. The maximum atomic E-state index is 11.3. The molecule has 0 saturated heterocycles. The molecule has 0 atom stereocenters. The van der Waals surface area contributed by atoms with Crippen molar-refractivity contribution in [3.8, 4) is 22.9 Å². The van der Waals surface area contributed by atoms with Crippen LogP contribution >= 0.6 is 0 Å². The first-order valence-corrected chi connectivity index (χ1v) is 6.53. The predicted molar refractivity (Wildman–Crippen MR) is 78.2 cm³/mol. The van der Waals surface area contributed by atoms with Crippen LogP contribution in [0, 0.1) is 0 Å². The molecule has 0 bridgehead atoms. The predicted octanol–water partition coefficient (Wildman–Crippen LogP) is 2.92. The lowest BCUT2D eigenvalue weighted by molar-refractivity contribution is 0.0689. The van der Waals surface area contributed by atoms with E-state index in [1.165, 1.54) is 0 Å². The van der Waals surface area contributed by atoms with E-state index in [2.05, 4.69) is 9.97 Å². The third kappa shape index (κ3) is 2.84. The summed E-state index contributed by atoms with van der Waals surface area (Å²) in [6, 6.07) is 5.31.